The highest BCUT2D eigenvalue weighted by Crippen LogP contribution is 2.22. The third-order valence-corrected chi connectivity index (χ3v) is 3.97. The molecule has 0 aliphatic heterocycles. The molecule has 0 spiro atoms. The summed E-state index contributed by atoms with van der Waals surface area (Å²) in [6, 6.07) is 5.51. The zero-order valence-corrected chi connectivity index (χ0v) is 11.7. The van der Waals surface area contributed by atoms with Crippen molar-refractivity contribution in [2.45, 2.75) is 0 Å². The lowest BCUT2D eigenvalue weighted by molar-refractivity contribution is 1.06. The van der Waals surface area contributed by atoms with Crippen LogP contribution in [0.2, 0.25) is 5.02 Å². The third-order valence-electron chi connectivity index (χ3n) is 3.06. The molecule has 0 aliphatic rings. The van der Waals surface area contributed by atoms with Crippen LogP contribution in [0.4, 0.5) is 0 Å². The molecule has 0 bridgehead atoms. The first kappa shape index (κ1) is 11.6. The minimum absolute atomic E-state index is 0.177. The van der Waals surface area contributed by atoms with Crippen molar-refractivity contribution in [3.05, 3.63) is 45.7 Å². The van der Waals surface area contributed by atoms with Crippen LogP contribution in [0.15, 0.2) is 35.2 Å². The molecule has 0 aliphatic carbocycles. The quantitative estimate of drug-likeness (QED) is 0.567. The van der Waals surface area contributed by atoms with Gasteiger partial charge < -0.3 is 4.98 Å². The molecule has 4 aromatic heterocycles. The SMILES string of the molecule is N=c1nc2ccc(Cl)cn2c2nc(-c3ccsc3)[nH]c12. The summed E-state index contributed by atoms with van der Waals surface area (Å²) in [5.41, 5.74) is 3.09. The highest BCUT2D eigenvalue weighted by atomic mass is 35.5. The first-order chi connectivity index (χ1) is 9.72. The fraction of sp³-hybridized carbons (Fsp3) is 0. The molecule has 98 valence electrons. The largest absolute Gasteiger partial charge is 0.333 e. The van der Waals surface area contributed by atoms with E-state index >= 15 is 0 Å². The van der Waals surface area contributed by atoms with Crippen LogP contribution in [-0.4, -0.2) is 19.4 Å². The summed E-state index contributed by atoms with van der Waals surface area (Å²) in [5, 5.41) is 12.6. The van der Waals surface area contributed by atoms with Crippen LogP contribution in [0.3, 0.4) is 0 Å². The summed E-state index contributed by atoms with van der Waals surface area (Å²) < 4.78 is 1.79. The van der Waals surface area contributed by atoms with E-state index in [0.717, 1.165) is 11.4 Å². The van der Waals surface area contributed by atoms with E-state index in [2.05, 4.69) is 15.0 Å². The minimum Gasteiger partial charge on any atom is -0.333 e. The molecular formula is C13H8ClN5S. The molecule has 0 atom stereocenters. The lowest BCUT2D eigenvalue weighted by Gasteiger charge is -2.01. The van der Waals surface area contributed by atoms with E-state index in [4.69, 9.17) is 17.0 Å². The maximum atomic E-state index is 8.01. The lowest BCUT2D eigenvalue weighted by Crippen LogP contribution is -2.10. The number of fused-ring (bicyclic) bond motifs is 3. The van der Waals surface area contributed by atoms with Gasteiger partial charge in [0, 0.05) is 17.1 Å². The van der Waals surface area contributed by atoms with Crippen molar-refractivity contribution in [2.75, 3.05) is 0 Å². The van der Waals surface area contributed by atoms with Crippen LogP contribution in [0.5, 0.6) is 0 Å². The summed E-state index contributed by atoms with van der Waals surface area (Å²) in [5.74, 6) is 0.733. The van der Waals surface area contributed by atoms with Gasteiger partial charge in [-0.2, -0.15) is 11.3 Å². The van der Waals surface area contributed by atoms with Gasteiger partial charge in [-0.3, -0.25) is 9.81 Å². The Morgan fingerprint density at radius 1 is 1.25 bits per heavy atom. The Balaban J connectivity index is 2.15. The fourth-order valence-corrected chi connectivity index (χ4v) is 2.94. The monoisotopic (exact) mass is 301 g/mol. The average molecular weight is 302 g/mol. The fourth-order valence-electron chi connectivity index (χ4n) is 2.14. The first-order valence-electron chi connectivity index (χ1n) is 5.87. The van der Waals surface area contributed by atoms with E-state index in [-0.39, 0.29) is 5.49 Å². The summed E-state index contributed by atoms with van der Waals surface area (Å²) in [7, 11) is 0. The van der Waals surface area contributed by atoms with Crippen LogP contribution in [0, 0.1) is 5.41 Å². The number of H-pyrrole nitrogens is 1. The second-order valence-corrected chi connectivity index (χ2v) is 5.55. The van der Waals surface area contributed by atoms with Gasteiger partial charge in [-0.1, -0.05) is 11.6 Å². The van der Waals surface area contributed by atoms with Gasteiger partial charge in [0.1, 0.15) is 17.0 Å². The molecule has 7 heteroatoms. The van der Waals surface area contributed by atoms with Gasteiger partial charge >= 0.3 is 0 Å². The number of thiophene rings is 1. The van der Waals surface area contributed by atoms with Crippen molar-refractivity contribution in [1.82, 2.24) is 19.4 Å². The number of aromatic nitrogens is 4. The van der Waals surface area contributed by atoms with Crippen molar-refractivity contribution < 1.29 is 0 Å². The van der Waals surface area contributed by atoms with E-state index in [9.17, 15) is 0 Å². The summed E-state index contributed by atoms with van der Waals surface area (Å²) in [6.07, 6.45) is 1.75. The number of imidazole rings is 1. The number of hydrogen-bond acceptors (Lipinski definition) is 4. The first-order valence-corrected chi connectivity index (χ1v) is 7.19. The number of halogens is 1. The van der Waals surface area contributed by atoms with Gasteiger partial charge in [0.2, 0.25) is 0 Å². The molecule has 4 rings (SSSR count). The summed E-state index contributed by atoms with van der Waals surface area (Å²) in [4.78, 5) is 12.0. The Kier molecular flexibility index (Phi) is 2.42. The van der Waals surface area contributed by atoms with Crippen LogP contribution in [-0.2, 0) is 0 Å². The Morgan fingerprint density at radius 3 is 2.95 bits per heavy atom. The zero-order valence-electron chi connectivity index (χ0n) is 10.1. The number of pyridine rings is 1. The summed E-state index contributed by atoms with van der Waals surface area (Å²) >= 11 is 7.64. The van der Waals surface area contributed by atoms with Crippen LogP contribution in [0.25, 0.3) is 28.2 Å². The van der Waals surface area contributed by atoms with Crippen molar-refractivity contribution in [2.24, 2.45) is 0 Å². The van der Waals surface area contributed by atoms with Crippen LogP contribution >= 0.6 is 22.9 Å². The van der Waals surface area contributed by atoms with E-state index in [1.165, 1.54) is 0 Å². The van der Waals surface area contributed by atoms with Gasteiger partial charge in [-0.05, 0) is 23.6 Å². The predicted molar refractivity (Wildman–Crippen MR) is 79.0 cm³/mol. The topological polar surface area (TPSA) is 69.8 Å². The Bertz CT molecular complexity index is 983. The minimum atomic E-state index is 0.177. The molecule has 0 amide bonds. The molecule has 0 saturated carbocycles. The highest BCUT2D eigenvalue weighted by molar-refractivity contribution is 7.08. The predicted octanol–water partition coefficient (Wildman–Crippen LogP) is 3.07. The highest BCUT2D eigenvalue weighted by Gasteiger charge is 2.11. The van der Waals surface area contributed by atoms with Crippen molar-refractivity contribution in [3.63, 3.8) is 0 Å². The molecule has 2 N–H and O–H groups in total. The molecule has 5 nitrogen and oxygen atoms in total. The molecule has 0 radical (unpaired) electrons. The number of nitrogens with one attached hydrogen (secondary N) is 2. The number of aromatic amines is 1. The Morgan fingerprint density at radius 2 is 2.15 bits per heavy atom. The van der Waals surface area contributed by atoms with Gasteiger partial charge in [-0.25, -0.2) is 9.97 Å². The molecule has 0 fully saturated rings. The third kappa shape index (κ3) is 1.65. The van der Waals surface area contributed by atoms with Crippen molar-refractivity contribution >= 4 is 39.7 Å². The number of rotatable bonds is 1. The molecule has 20 heavy (non-hydrogen) atoms. The number of nitrogens with zero attached hydrogens (tertiary/aromatic N) is 3. The Labute approximate surface area is 122 Å². The molecule has 0 aromatic carbocycles. The maximum Gasteiger partial charge on any atom is 0.174 e. The van der Waals surface area contributed by atoms with E-state index in [1.54, 1.807) is 34.1 Å². The lowest BCUT2D eigenvalue weighted by atomic mass is 10.3. The van der Waals surface area contributed by atoms with Crippen LogP contribution < -0.4 is 5.49 Å². The number of hydrogen-bond donors (Lipinski definition) is 2. The summed E-state index contributed by atoms with van der Waals surface area (Å²) in [6.45, 7) is 0. The van der Waals surface area contributed by atoms with Crippen molar-refractivity contribution in [3.8, 4) is 11.4 Å². The Hall–Kier alpha value is -2.18. The molecular weight excluding hydrogens is 294 g/mol. The standard InChI is InChI=1S/C13H8ClN5S/c14-8-1-2-9-16-11(15)10-13(19(9)5-8)18-12(17-10)7-3-4-20-6-7/h1-6,15H,(H,17,18). The molecule has 0 saturated heterocycles. The van der Waals surface area contributed by atoms with Crippen molar-refractivity contribution in [1.29, 1.82) is 5.41 Å². The average Bonchev–Trinajstić information content (AvgIpc) is 3.08. The second-order valence-electron chi connectivity index (χ2n) is 4.33. The van der Waals surface area contributed by atoms with Gasteiger partial charge in [0.05, 0.1) is 5.02 Å². The normalized spacial score (nSPS) is 11.4. The molecule has 4 heterocycles. The van der Waals surface area contributed by atoms with E-state index < -0.39 is 0 Å². The smallest absolute Gasteiger partial charge is 0.174 e. The van der Waals surface area contributed by atoms with E-state index in [1.807, 2.05) is 16.8 Å². The van der Waals surface area contributed by atoms with Gasteiger partial charge in [0.15, 0.2) is 11.1 Å². The van der Waals surface area contributed by atoms with E-state index in [0.29, 0.717) is 21.8 Å². The van der Waals surface area contributed by atoms with Gasteiger partial charge in [0.25, 0.3) is 0 Å². The second kappa shape index (κ2) is 4.16. The zero-order chi connectivity index (χ0) is 13.7. The maximum absolute atomic E-state index is 8.01. The van der Waals surface area contributed by atoms with Crippen LogP contribution in [0.1, 0.15) is 0 Å². The molecule has 0 unspecified atom stereocenters. The van der Waals surface area contributed by atoms with Gasteiger partial charge in [-0.15, -0.1) is 0 Å². The molecule has 4 aromatic rings.